The molecule has 0 spiro atoms. The van der Waals surface area contributed by atoms with Gasteiger partial charge in [-0.2, -0.15) is 0 Å². The highest BCUT2D eigenvalue weighted by atomic mass is 79.9. The Morgan fingerprint density at radius 2 is 2.05 bits per heavy atom. The number of fused-ring (bicyclic) bond motifs is 1. The van der Waals surface area contributed by atoms with Gasteiger partial charge in [0.05, 0.1) is 15.2 Å². The third kappa shape index (κ3) is 3.68. The van der Waals surface area contributed by atoms with Gasteiger partial charge in [-0.05, 0) is 42.8 Å². The molecule has 1 nitrogen and oxygen atoms in total. The second kappa shape index (κ2) is 6.83. The standard InChI is InChI=1S/C16H16BrNS2/c17-12(5-3-6-13-7-4-10-19-13)11-16-18-14-8-1-2-9-15(14)20-16/h1-2,4,7-10,12H,3,5-6,11H2. The Balaban J connectivity index is 1.51. The molecule has 0 saturated carbocycles. The van der Waals surface area contributed by atoms with Crippen LogP contribution in [-0.4, -0.2) is 9.81 Å². The fourth-order valence-corrected chi connectivity index (χ4v) is 4.89. The topological polar surface area (TPSA) is 12.9 Å². The quantitative estimate of drug-likeness (QED) is 0.511. The van der Waals surface area contributed by atoms with Crippen LogP contribution in [-0.2, 0) is 12.8 Å². The van der Waals surface area contributed by atoms with Gasteiger partial charge in [0.1, 0.15) is 0 Å². The molecular weight excluding hydrogens is 350 g/mol. The Kier molecular flexibility index (Phi) is 4.86. The second-order valence-electron chi connectivity index (χ2n) is 4.85. The molecule has 0 saturated heterocycles. The van der Waals surface area contributed by atoms with Gasteiger partial charge in [-0.15, -0.1) is 22.7 Å². The molecule has 0 aliphatic carbocycles. The van der Waals surface area contributed by atoms with Crippen molar-refractivity contribution in [2.45, 2.75) is 30.5 Å². The first kappa shape index (κ1) is 14.2. The number of thiazole rings is 1. The third-order valence-corrected chi connectivity index (χ3v) is 6.03. The van der Waals surface area contributed by atoms with E-state index in [0.717, 1.165) is 11.9 Å². The second-order valence-corrected chi connectivity index (χ2v) is 8.29. The zero-order valence-electron chi connectivity index (χ0n) is 11.1. The number of aryl methyl sites for hydroxylation is 1. The van der Waals surface area contributed by atoms with Gasteiger partial charge in [-0.1, -0.05) is 34.1 Å². The van der Waals surface area contributed by atoms with Crippen molar-refractivity contribution in [3.63, 3.8) is 0 Å². The molecule has 1 aromatic carbocycles. The van der Waals surface area contributed by atoms with E-state index < -0.39 is 0 Å². The Morgan fingerprint density at radius 3 is 2.85 bits per heavy atom. The van der Waals surface area contributed by atoms with Gasteiger partial charge in [0.25, 0.3) is 0 Å². The third-order valence-electron chi connectivity index (χ3n) is 3.25. The molecule has 0 radical (unpaired) electrons. The van der Waals surface area contributed by atoms with Gasteiger partial charge in [0.2, 0.25) is 0 Å². The number of thiophene rings is 1. The lowest BCUT2D eigenvalue weighted by Crippen LogP contribution is -2.02. The summed E-state index contributed by atoms with van der Waals surface area (Å²) in [6, 6.07) is 12.7. The summed E-state index contributed by atoms with van der Waals surface area (Å²) >= 11 is 7.48. The molecule has 0 amide bonds. The molecular formula is C16H16BrNS2. The van der Waals surface area contributed by atoms with E-state index in [4.69, 9.17) is 4.98 Å². The molecule has 20 heavy (non-hydrogen) atoms. The molecule has 1 unspecified atom stereocenters. The molecule has 2 aromatic heterocycles. The van der Waals surface area contributed by atoms with Crippen LogP contribution >= 0.6 is 38.6 Å². The number of rotatable bonds is 6. The first-order valence-corrected chi connectivity index (χ1v) is 9.43. The number of para-hydroxylation sites is 1. The predicted octanol–water partition coefficient (Wildman–Crippen LogP) is 5.69. The Labute approximate surface area is 135 Å². The maximum Gasteiger partial charge on any atom is 0.0949 e. The summed E-state index contributed by atoms with van der Waals surface area (Å²) < 4.78 is 1.29. The Bertz CT molecular complexity index is 627. The molecule has 3 rings (SSSR count). The SMILES string of the molecule is BrC(CCCc1cccs1)Cc1nc2ccccc2s1. The van der Waals surface area contributed by atoms with Gasteiger partial charge in [0, 0.05) is 16.1 Å². The molecule has 0 N–H and O–H groups in total. The molecule has 2 heterocycles. The van der Waals surface area contributed by atoms with Gasteiger partial charge >= 0.3 is 0 Å². The van der Waals surface area contributed by atoms with Crippen LogP contribution in [0.2, 0.25) is 0 Å². The lowest BCUT2D eigenvalue weighted by atomic mass is 10.1. The average molecular weight is 366 g/mol. The molecule has 104 valence electrons. The van der Waals surface area contributed by atoms with Crippen LogP contribution in [0.5, 0.6) is 0 Å². The van der Waals surface area contributed by atoms with Crippen molar-refractivity contribution in [2.75, 3.05) is 0 Å². The normalized spacial score (nSPS) is 12.8. The van der Waals surface area contributed by atoms with E-state index in [1.165, 1.54) is 33.8 Å². The van der Waals surface area contributed by atoms with Crippen LogP contribution in [0, 0.1) is 0 Å². The van der Waals surface area contributed by atoms with Crippen molar-refractivity contribution in [3.05, 3.63) is 51.7 Å². The van der Waals surface area contributed by atoms with Crippen molar-refractivity contribution < 1.29 is 0 Å². The number of aromatic nitrogens is 1. The van der Waals surface area contributed by atoms with E-state index in [-0.39, 0.29) is 0 Å². The number of hydrogen-bond donors (Lipinski definition) is 0. The zero-order chi connectivity index (χ0) is 13.8. The average Bonchev–Trinajstić information content (AvgIpc) is 3.06. The monoisotopic (exact) mass is 365 g/mol. The number of benzene rings is 1. The summed E-state index contributed by atoms with van der Waals surface area (Å²) in [6.07, 6.45) is 4.67. The summed E-state index contributed by atoms with van der Waals surface area (Å²) in [4.78, 5) is 6.72. The highest BCUT2D eigenvalue weighted by Crippen LogP contribution is 2.25. The highest BCUT2D eigenvalue weighted by Gasteiger charge is 2.10. The van der Waals surface area contributed by atoms with Crippen LogP contribution in [0.15, 0.2) is 41.8 Å². The van der Waals surface area contributed by atoms with Gasteiger partial charge in [-0.3, -0.25) is 0 Å². The Hall–Kier alpha value is -0.710. The summed E-state index contributed by atoms with van der Waals surface area (Å²) in [7, 11) is 0. The minimum Gasteiger partial charge on any atom is -0.241 e. The highest BCUT2D eigenvalue weighted by molar-refractivity contribution is 9.09. The molecule has 0 fully saturated rings. The number of hydrogen-bond acceptors (Lipinski definition) is 3. The van der Waals surface area contributed by atoms with E-state index in [2.05, 4.69) is 57.7 Å². The summed E-state index contributed by atoms with van der Waals surface area (Å²) in [5.41, 5.74) is 1.13. The molecule has 0 bridgehead atoms. The molecule has 0 aliphatic rings. The molecule has 4 heteroatoms. The lowest BCUT2D eigenvalue weighted by Gasteiger charge is -2.06. The van der Waals surface area contributed by atoms with Gasteiger partial charge in [0.15, 0.2) is 0 Å². The number of nitrogens with zero attached hydrogens (tertiary/aromatic N) is 1. The number of alkyl halides is 1. The van der Waals surface area contributed by atoms with Crippen molar-refractivity contribution in [1.82, 2.24) is 4.98 Å². The van der Waals surface area contributed by atoms with E-state index in [1.54, 1.807) is 0 Å². The van der Waals surface area contributed by atoms with Crippen molar-refractivity contribution in [2.24, 2.45) is 0 Å². The maximum absolute atomic E-state index is 4.70. The minimum absolute atomic E-state index is 0.531. The molecule has 0 aliphatic heterocycles. The van der Waals surface area contributed by atoms with E-state index in [9.17, 15) is 0 Å². The van der Waals surface area contributed by atoms with E-state index in [0.29, 0.717) is 4.83 Å². The van der Waals surface area contributed by atoms with Crippen LogP contribution in [0.25, 0.3) is 10.2 Å². The first-order chi connectivity index (χ1) is 9.81. The molecule has 3 aromatic rings. The van der Waals surface area contributed by atoms with E-state index >= 15 is 0 Å². The zero-order valence-corrected chi connectivity index (χ0v) is 14.3. The summed E-state index contributed by atoms with van der Waals surface area (Å²) in [5.74, 6) is 0. The lowest BCUT2D eigenvalue weighted by molar-refractivity contribution is 0.704. The Morgan fingerprint density at radius 1 is 1.15 bits per heavy atom. The predicted molar refractivity (Wildman–Crippen MR) is 93.3 cm³/mol. The maximum atomic E-state index is 4.70. The van der Waals surface area contributed by atoms with Crippen LogP contribution < -0.4 is 0 Å². The summed E-state index contributed by atoms with van der Waals surface area (Å²) in [5, 5.41) is 3.39. The number of halogens is 1. The van der Waals surface area contributed by atoms with Gasteiger partial charge in [-0.25, -0.2) is 4.98 Å². The van der Waals surface area contributed by atoms with Crippen molar-refractivity contribution in [1.29, 1.82) is 0 Å². The first-order valence-electron chi connectivity index (χ1n) is 6.82. The minimum atomic E-state index is 0.531. The van der Waals surface area contributed by atoms with Crippen molar-refractivity contribution >= 4 is 48.8 Å². The van der Waals surface area contributed by atoms with Crippen molar-refractivity contribution in [3.8, 4) is 0 Å². The largest absolute Gasteiger partial charge is 0.241 e. The van der Waals surface area contributed by atoms with Gasteiger partial charge < -0.3 is 0 Å². The molecule has 1 atom stereocenters. The van der Waals surface area contributed by atoms with E-state index in [1.807, 2.05) is 22.7 Å². The van der Waals surface area contributed by atoms with Crippen LogP contribution in [0.4, 0.5) is 0 Å². The fourth-order valence-electron chi connectivity index (χ4n) is 2.25. The summed E-state index contributed by atoms with van der Waals surface area (Å²) in [6.45, 7) is 0. The smallest absolute Gasteiger partial charge is 0.0949 e. The van der Waals surface area contributed by atoms with Crippen LogP contribution in [0.1, 0.15) is 22.7 Å². The van der Waals surface area contributed by atoms with Crippen LogP contribution in [0.3, 0.4) is 0 Å². The fraction of sp³-hybridized carbons (Fsp3) is 0.312.